The van der Waals surface area contributed by atoms with Gasteiger partial charge in [-0.05, 0) is 25.7 Å². The van der Waals surface area contributed by atoms with Gasteiger partial charge in [-0.2, -0.15) is 0 Å². The Kier molecular flexibility index (Phi) is 80.6. The third kappa shape index (κ3) is 81.9. The summed E-state index contributed by atoms with van der Waals surface area (Å²) in [4.78, 5) is 73.3. The van der Waals surface area contributed by atoms with Gasteiger partial charge in [-0.1, -0.05) is 432 Å². The van der Waals surface area contributed by atoms with E-state index in [1.807, 2.05) is 0 Å². The predicted octanol–water partition coefficient (Wildman–Crippen LogP) is 27.3. The van der Waals surface area contributed by atoms with E-state index in [-0.39, 0.29) is 25.7 Å². The normalized spacial score (nSPS) is 13.7. The van der Waals surface area contributed by atoms with Gasteiger partial charge in [0, 0.05) is 25.7 Å². The zero-order valence-corrected chi connectivity index (χ0v) is 71.9. The van der Waals surface area contributed by atoms with Gasteiger partial charge >= 0.3 is 39.5 Å². The van der Waals surface area contributed by atoms with Crippen molar-refractivity contribution in [3.8, 4) is 0 Å². The lowest BCUT2D eigenvalue weighted by atomic mass is 10.0. The van der Waals surface area contributed by atoms with Crippen molar-refractivity contribution in [1.82, 2.24) is 0 Å². The Morgan fingerprint density at radius 1 is 0.224 bits per heavy atom. The molecule has 0 aliphatic rings. The lowest BCUT2D eigenvalue weighted by Crippen LogP contribution is -2.30. The molecule has 107 heavy (non-hydrogen) atoms. The molecule has 0 saturated heterocycles. The lowest BCUT2D eigenvalue weighted by Gasteiger charge is -2.21. The van der Waals surface area contributed by atoms with Crippen LogP contribution < -0.4 is 0 Å². The Labute approximate surface area is 658 Å². The first kappa shape index (κ1) is 105. The number of aliphatic hydroxyl groups is 1. The summed E-state index contributed by atoms with van der Waals surface area (Å²) in [5.41, 5.74) is 0. The van der Waals surface area contributed by atoms with Crippen LogP contribution in [0.25, 0.3) is 0 Å². The zero-order valence-electron chi connectivity index (χ0n) is 70.1. The minimum Gasteiger partial charge on any atom is -0.462 e. The number of rotatable bonds is 89. The zero-order chi connectivity index (χ0) is 78.1. The summed E-state index contributed by atoms with van der Waals surface area (Å²) >= 11 is 0. The van der Waals surface area contributed by atoms with Crippen LogP contribution in [0.15, 0.2) is 0 Å². The number of esters is 4. The van der Waals surface area contributed by atoms with Crippen LogP contribution in [-0.2, 0) is 65.4 Å². The summed E-state index contributed by atoms with van der Waals surface area (Å²) < 4.78 is 69.0. The van der Waals surface area contributed by atoms with E-state index < -0.39 is 97.5 Å². The summed E-state index contributed by atoms with van der Waals surface area (Å²) in [5.74, 6) is -2.09. The van der Waals surface area contributed by atoms with Gasteiger partial charge in [0.15, 0.2) is 12.2 Å². The fraction of sp³-hybridized carbons (Fsp3) is 0.955. The van der Waals surface area contributed by atoms with E-state index in [1.54, 1.807) is 0 Å². The Morgan fingerprint density at radius 2 is 0.374 bits per heavy atom. The van der Waals surface area contributed by atoms with E-state index in [0.717, 1.165) is 89.9 Å². The number of unbranched alkanes of at least 4 members (excludes halogenated alkanes) is 63. The fourth-order valence-corrected chi connectivity index (χ4v) is 15.5. The maximum absolute atomic E-state index is 13.2. The molecule has 636 valence electrons. The molecule has 3 N–H and O–H groups in total. The highest BCUT2D eigenvalue weighted by atomic mass is 31.2. The number of phosphoric ester groups is 2. The molecule has 0 aliphatic carbocycles. The van der Waals surface area contributed by atoms with Crippen molar-refractivity contribution >= 4 is 39.5 Å². The molecule has 0 radical (unpaired) electrons. The van der Waals surface area contributed by atoms with E-state index in [9.17, 15) is 43.2 Å². The van der Waals surface area contributed by atoms with Gasteiger partial charge in [0.1, 0.15) is 19.3 Å². The smallest absolute Gasteiger partial charge is 0.462 e. The second-order valence-electron chi connectivity index (χ2n) is 31.6. The lowest BCUT2D eigenvalue weighted by molar-refractivity contribution is -0.161. The molecule has 0 heterocycles. The predicted molar refractivity (Wildman–Crippen MR) is 442 cm³/mol. The number of carbonyl (C=O) groups is 4. The quantitative estimate of drug-likeness (QED) is 0.0222. The third-order valence-electron chi connectivity index (χ3n) is 20.9. The molecule has 0 aromatic heterocycles. The first-order valence-electron chi connectivity index (χ1n) is 45.8. The van der Waals surface area contributed by atoms with Gasteiger partial charge in [-0.3, -0.25) is 37.3 Å². The summed E-state index contributed by atoms with van der Waals surface area (Å²) in [7, 11) is -9.93. The Bertz CT molecular complexity index is 2020. The van der Waals surface area contributed by atoms with Crippen LogP contribution in [0.4, 0.5) is 0 Å². The molecular weight excluding hydrogens is 1390 g/mol. The summed E-state index contributed by atoms with van der Waals surface area (Å²) in [6, 6.07) is 0. The topological polar surface area (TPSA) is 237 Å². The second-order valence-corrected chi connectivity index (χ2v) is 34.5. The van der Waals surface area contributed by atoms with Crippen molar-refractivity contribution in [2.75, 3.05) is 39.6 Å². The van der Waals surface area contributed by atoms with E-state index >= 15 is 0 Å². The molecule has 19 heteroatoms. The van der Waals surface area contributed by atoms with Crippen LogP contribution in [0.3, 0.4) is 0 Å². The van der Waals surface area contributed by atoms with Crippen molar-refractivity contribution in [3.63, 3.8) is 0 Å². The molecule has 17 nitrogen and oxygen atoms in total. The average Bonchev–Trinajstić information content (AvgIpc) is 0.901. The Morgan fingerprint density at radius 3 is 0.551 bits per heavy atom. The third-order valence-corrected chi connectivity index (χ3v) is 22.8. The highest BCUT2D eigenvalue weighted by molar-refractivity contribution is 7.47. The van der Waals surface area contributed by atoms with Gasteiger partial charge in [0.05, 0.1) is 26.4 Å². The Balaban J connectivity index is 5.23. The number of aliphatic hydroxyl groups excluding tert-OH is 1. The second kappa shape index (κ2) is 82.1. The van der Waals surface area contributed by atoms with Crippen LogP contribution in [0.5, 0.6) is 0 Å². The first-order chi connectivity index (χ1) is 52.2. The molecule has 0 saturated carbocycles. The highest BCUT2D eigenvalue weighted by Crippen LogP contribution is 2.45. The van der Waals surface area contributed by atoms with Gasteiger partial charge in [-0.15, -0.1) is 0 Å². The molecule has 0 spiro atoms. The van der Waals surface area contributed by atoms with Crippen molar-refractivity contribution in [2.24, 2.45) is 0 Å². The van der Waals surface area contributed by atoms with Gasteiger partial charge in [-0.25, -0.2) is 9.13 Å². The molecular formula is C88H172O17P2. The molecule has 0 aromatic carbocycles. The monoisotopic (exact) mass is 1560 g/mol. The average molecular weight is 1560 g/mol. The SMILES string of the molecule is CCCCCCCCCCCCCCCCCCCCCC(=O)OC[C@H](COP(=O)(O)OC[C@@H](O)COP(=O)(O)OC[C@@H](COC(=O)CCCCCCCCCCCCC)OC(=O)CCCCCCCCCCCCCCCCCCCC)OC(=O)CCCCCCCCCCCCCCCCCCCCC. The number of phosphoric acid groups is 2. The van der Waals surface area contributed by atoms with Crippen LogP contribution in [-0.4, -0.2) is 96.7 Å². The van der Waals surface area contributed by atoms with Crippen molar-refractivity contribution in [3.05, 3.63) is 0 Å². The molecule has 0 amide bonds. The molecule has 0 aliphatic heterocycles. The minimum absolute atomic E-state index is 0.110. The molecule has 2 unspecified atom stereocenters. The standard InChI is InChI=1S/C88H172O17P2/c1-5-9-13-17-21-25-29-32-35-38-41-44-46-49-53-57-61-65-69-73-86(91)99-79-84(105-88(93)75-71-67-63-59-55-51-48-45-42-39-36-33-30-26-22-18-14-10-6-2)81-103-107(96,97)101-77-82(89)76-100-106(94,95)102-80-83(78-98-85(90)72-68-64-60-56-52-28-24-20-16-12-8-4)104-87(92)74-70-66-62-58-54-50-47-43-40-37-34-31-27-23-19-15-11-7-3/h82-84,89H,5-81H2,1-4H3,(H,94,95)(H,96,97)/t82-,83+,84+/m0/s1. The maximum atomic E-state index is 13.2. The van der Waals surface area contributed by atoms with Crippen LogP contribution >= 0.6 is 15.6 Å². The molecule has 0 rings (SSSR count). The molecule has 0 bridgehead atoms. The number of carbonyl (C=O) groups excluding carboxylic acids is 4. The van der Waals surface area contributed by atoms with Crippen LogP contribution in [0.1, 0.15) is 484 Å². The van der Waals surface area contributed by atoms with Crippen molar-refractivity contribution < 1.29 is 80.2 Å². The number of hydrogen-bond acceptors (Lipinski definition) is 15. The maximum Gasteiger partial charge on any atom is 0.472 e. The molecule has 0 aromatic rings. The van der Waals surface area contributed by atoms with Crippen molar-refractivity contribution in [1.29, 1.82) is 0 Å². The van der Waals surface area contributed by atoms with Crippen molar-refractivity contribution in [2.45, 2.75) is 502 Å². The van der Waals surface area contributed by atoms with Crippen LogP contribution in [0, 0.1) is 0 Å². The summed E-state index contributed by atoms with van der Waals surface area (Å²) in [6.07, 6.45) is 77.8. The first-order valence-corrected chi connectivity index (χ1v) is 48.8. The minimum atomic E-state index is -4.97. The van der Waals surface area contributed by atoms with Gasteiger partial charge < -0.3 is 33.8 Å². The van der Waals surface area contributed by atoms with E-state index in [4.69, 9.17) is 37.0 Å². The van der Waals surface area contributed by atoms with E-state index in [1.165, 1.54) is 315 Å². The van der Waals surface area contributed by atoms with Crippen LogP contribution in [0.2, 0.25) is 0 Å². The van der Waals surface area contributed by atoms with E-state index in [0.29, 0.717) is 25.7 Å². The molecule has 0 fully saturated rings. The van der Waals surface area contributed by atoms with Gasteiger partial charge in [0.2, 0.25) is 0 Å². The molecule has 5 atom stereocenters. The summed E-state index contributed by atoms with van der Waals surface area (Å²) in [5, 5.41) is 10.7. The summed E-state index contributed by atoms with van der Waals surface area (Å²) in [6.45, 7) is 5.07. The largest absolute Gasteiger partial charge is 0.472 e. The van der Waals surface area contributed by atoms with E-state index in [2.05, 4.69) is 27.7 Å². The number of hydrogen-bond donors (Lipinski definition) is 3. The van der Waals surface area contributed by atoms with Gasteiger partial charge in [0.25, 0.3) is 0 Å². The Hall–Kier alpha value is -1.94. The number of ether oxygens (including phenoxy) is 4. The highest BCUT2D eigenvalue weighted by Gasteiger charge is 2.30. The fourth-order valence-electron chi connectivity index (χ4n) is 13.9.